The van der Waals surface area contributed by atoms with Crippen LogP contribution < -0.4 is 4.74 Å². The molecule has 184 valence electrons. The number of rotatable bonds is 8. The second-order valence-electron chi connectivity index (χ2n) is 9.70. The maximum absolute atomic E-state index is 14.8. The Morgan fingerprint density at radius 3 is 2.24 bits per heavy atom. The Bertz CT molecular complexity index is 974. The highest BCUT2D eigenvalue weighted by Crippen LogP contribution is 2.39. The number of ether oxygens (including phenoxy) is 2. The minimum atomic E-state index is -0.776. The molecule has 2 aromatic carbocycles. The highest BCUT2D eigenvalue weighted by atomic mass is 19.2. The van der Waals surface area contributed by atoms with E-state index in [9.17, 15) is 13.2 Å². The summed E-state index contributed by atoms with van der Waals surface area (Å²) in [4.78, 5) is 0. The van der Waals surface area contributed by atoms with E-state index >= 15 is 0 Å². The standard InChI is InChI=1S/C29H35F3O2/c1-3-19-5-7-21(8-6-19)25-15-11-23(28(31)29(25)32)18-34-24-13-9-20(10-14-24)22-12-16-27(33-4-2)26(30)17-22/h3,11-12,15-17,19-21,24H,1,4-10,13-14,18H2,2H3. The quantitative estimate of drug-likeness (QED) is 0.361. The highest BCUT2D eigenvalue weighted by Gasteiger charge is 2.27. The lowest BCUT2D eigenvalue weighted by atomic mass is 9.78. The van der Waals surface area contributed by atoms with Gasteiger partial charge in [0.1, 0.15) is 0 Å². The van der Waals surface area contributed by atoms with Gasteiger partial charge in [-0.3, -0.25) is 0 Å². The van der Waals surface area contributed by atoms with E-state index in [2.05, 4.69) is 6.58 Å². The molecule has 2 aliphatic carbocycles. The third-order valence-corrected chi connectivity index (χ3v) is 7.61. The van der Waals surface area contributed by atoms with Crippen molar-refractivity contribution in [2.75, 3.05) is 6.61 Å². The summed E-state index contributed by atoms with van der Waals surface area (Å²) in [6.45, 7) is 6.18. The van der Waals surface area contributed by atoms with Gasteiger partial charge in [0, 0.05) is 5.56 Å². The molecule has 2 aromatic rings. The van der Waals surface area contributed by atoms with Gasteiger partial charge in [-0.1, -0.05) is 24.3 Å². The number of allylic oxidation sites excluding steroid dienone is 1. The van der Waals surface area contributed by atoms with Gasteiger partial charge in [-0.2, -0.15) is 0 Å². The lowest BCUT2D eigenvalue weighted by molar-refractivity contribution is 0.0118. The average Bonchev–Trinajstić information content (AvgIpc) is 2.87. The molecule has 0 unspecified atom stereocenters. The largest absolute Gasteiger partial charge is 0.491 e. The Morgan fingerprint density at radius 1 is 0.882 bits per heavy atom. The molecule has 5 heteroatoms. The van der Waals surface area contributed by atoms with Crippen LogP contribution in [0.1, 0.15) is 86.8 Å². The number of benzene rings is 2. The van der Waals surface area contributed by atoms with Crippen molar-refractivity contribution in [1.82, 2.24) is 0 Å². The lowest BCUT2D eigenvalue weighted by Crippen LogP contribution is -2.21. The summed E-state index contributed by atoms with van der Waals surface area (Å²) in [6.07, 6.45) is 9.04. The summed E-state index contributed by atoms with van der Waals surface area (Å²) in [5, 5.41) is 0. The van der Waals surface area contributed by atoms with Crippen molar-refractivity contribution in [1.29, 1.82) is 0 Å². The molecule has 0 atom stereocenters. The smallest absolute Gasteiger partial charge is 0.165 e. The molecule has 0 N–H and O–H groups in total. The molecular weight excluding hydrogens is 437 g/mol. The molecule has 0 aliphatic heterocycles. The second-order valence-corrected chi connectivity index (χ2v) is 9.70. The zero-order valence-electron chi connectivity index (χ0n) is 20.0. The predicted molar refractivity (Wildman–Crippen MR) is 129 cm³/mol. The van der Waals surface area contributed by atoms with E-state index in [1.54, 1.807) is 24.3 Å². The normalized spacial score (nSPS) is 25.2. The van der Waals surface area contributed by atoms with E-state index < -0.39 is 11.6 Å². The zero-order chi connectivity index (χ0) is 24.1. The second kappa shape index (κ2) is 11.4. The third kappa shape index (κ3) is 5.68. The van der Waals surface area contributed by atoms with Crippen LogP contribution >= 0.6 is 0 Å². The Balaban J connectivity index is 1.29. The number of hydrogen-bond acceptors (Lipinski definition) is 2. The van der Waals surface area contributed by atoms with Crippen LogP contribution in [0.2, 0.25) is 0 Å². The van der Waals surface area contributed by atoms with E-state index in [0.717, 1.165) is 56.9 Å². The maximum Gasteiger partial charge on any atom is 0.165 e. The van der Waals surface area contributed by atoms with Crippen molar-refractivity contribution in [3.05, 3.63) is 77.1 Å². The molecule has 2 fully saturated rings. The first-order chi connectivity index (χ1) is 16.5. The molecule has 2 nitrogen and oxygen atoms in total. The molecule has 0 aromatic heterocycles. The van der Waals surface area contributed by atoms with Crippen molar-refractivity contribution >= 4 is 0 Å². The topological polar surface area (TPSA) is 18.5 Å². The highest BCUT2D eigenvalue weighted by molar-refractivity contribution is 5.32. The molecule has 0 heterocycles. The maximum atomic E-state index is 14.8. The van der Waals surface area contributed by atoms with Crippen molar-refractivity contribution in [3.8, 4) is 5.75 Å². The molecular formula is C29H35F3O2. The fourth-order valence-electron chi connectivity index (χ4n) is 5.51. The van der Waals surface area contributed by atoms with Gasteiger partial charge in [-0.15, -0.1) is 6.58 Å². The first-order valence-corrected chi connectivity index (χ1v) is 12.6. The van der Waals surface area contributed by atoms with Gasteiger partial charge >= 0.3 is 0 Å². The Labute approximate surface area is 201 Å². The Morgan fingerprint density at radius 2 is 1.59 bits per heavy atom. The minimum absolute atomic E-state index is 0.000105. The minimum Gasteiger partial charge on any atom is -0.491 e. The van der Waals surface area contributed by atoms with Crippen molar-refractivity contribution in [2.24, 2.45) is 5.92 Å². The van der Waals surface area contributed by atoms with E-state index in [1.165, 1.54) is 0 Å². The van der Waals surface area contributed by atoms with Gasteiger partial charge in [-0.25, -0.2) is 13.2 Å². The lowest BCUT2D eigenvalue weighted by Gasteiger charge is -2.29. The van der Waals surface area contributed by atoms with E-state index in [1.807, 2.05) is 19.1 Å². The summed E-state index contributed by atoms with van der Waals surface area (Å²) in [7, 11) is 0. The molecule has 0 bridgehead atoms. The summed E-state index contributed by atoms with van der Waals surface area (Å²) in [5.74, 6) is -0.704. The molecule has 0 amide bonds. The number of halogens is 3. The van der Waals surface area contributed by atoms with Gasteiger partial charge in [0.15, 0.2) is 23.2 Å². The third-order valence-electron chi connectivity index (χ3n) is 7.61. The predicted octanol–water partition coefficient (Wildman–Crippen LogP) is 8.21. The van der Waals surface area contributed by atoms with Crippen LogP contribution in [0.25, 0.3) is 0 Å². The van der Waals surface area contributed by atoms with Gasteiger partial charge in [0.25, 0.3) is 0 Å². The van der Waals surface area contributed by atoms with Crippen LogP contribution in [0.5, 0.6) is 5.75 Å². The van der Waals surface area contributed by atoms with Gasteiger partial charge in [-0.05, 0) is 99.3 Å². The Hall–Kier alpha value is -2.27. The zero-order valence-corrected chi connectivity index (χ0v) is 20.0. The molecule has 4 rings (SSSR count). The van der Waals surface area contributed by atoms with E-state index in [-0.39, 0.29) is 41.7 Å². The average molecular weight is 473 g/mol. The van der Waals surface area contributed by atoms with Crippen LogP contribution in [-0.2, 0) is 11.3 Å². The molecule has 0 saturated heterocycles. The van der Waals surface area contributed by atoms with Crippen molar-refractivity contribution in [3.63, 3.8) is 0 Å². The summed E-state index contributed by atoms with van der Waals surface area (Å²) >= 11 is 0. The summed E-state index contributed by atoms with van der Waals surface area (Å²) < 4.78 is 55.1. The van der Waals surface area contributed by atoms with Crippen molar-refractivity contribution < 1.29 is 22.6 Å². The van der Waals surface area contributed by atoms with Crippen molar-refractivity contribution in [2.45, 2.75) is 82.8 Å². The van der Waals surface area contributed by atoms with Gasteiger partial charge < -0.3 is 9.47 Å². The monoisotopic (exact) mass is 472 g/mol. The molecule has 34 heavy (non-hydrogen) atoms. The molecule has 0 radical (unpaired) electrons. The molecule has 2 aliphatic rings. The first kappa shape index (κ1) is 24.8. The van der Waals surface area contributed by atoms with Crippen LogP contribution in [0.4, 0.5) is 13.2 Å². The summed E-state index contributed by atoms with van der Waals surface area (Å²) in [5.41, 5.74) is 1.74. The van der Waals surface area contributed by atoms with E-state index in [0.29, 0.717) is 18.1 Å². The van der Waals surface area contributed by atoms with Crippen LogP contribution in [0.15, 0.2) is 43.0 Å². The molecule has 2 saturated carbocycles. The van der Waals surface area contributed by atoms with Crippen LogP contribution in [0.3, 0.4) is 0 Å². The summed E-state index contributed by atoms with van der Waals surface area (Å²) in [6, 6.07) is 8.63. The SMILES string of the molecule is C=CC1CCC(c2ccc(COC3CCC(c4ccc(OCC)c(F)c4)CC3)c(F)c2F)CC1. The first-order valence-electron chi connectivity index (χ1n) is 12.6. The fourth-order valence-corrected chi connectivity index (χ4v) is 5.51. The molecule has 0 spiro atoms. The Kier molecular flexibility index (Phi) is 8.36. The van der Waals surface area contributed by atoms with Crippen LogP contribution in [-0.4, -0.2) is 12.7 Å². The number of hydrogen-bond donors (Lipinski definition) is 0. The van der Waals surface area contributed by atoms with Gasteiger partial charge in [0.2, 0.25) is 0 Å². The fraction of sp³-hybridized carbons (Fsp3) is 0.517. The van der Waals surface area contributed by atoms with Gasteiger partial charge in [0.05, 0.1) is 19.3 Å². The van der Waals surface area contributed by atoms with E-state index in [4.69, 9.17) is 9.47 Å². The van der Waals surface area contributed by atoms with Crippen LogP contribution in [0, 0.1) is 23.4 Å².